The van der Waals surface area contributed by atoms with E-state index in [1.807, 2.05) is 18.2 Å². The molecule has 0 saturated carbocycles. The van der Waals surface area contributed by atoms with Gasteiger partial charge in [0.2, 0.25) is 0 Å². The van der Waals surface area contributed by atoms with Gasteiger partial charge < -0.3 is 9.88 Å². The summed E-state index contributed by atoms with van der Waals surface area (Å²) in [6.45, 7) is 2.25. The van der Waals surface area contributed by atoms with Crippen LogP contribution in [0.5, 0.6) is 0 Å². The Hall–Kier alpha value is -2.57. The van der Waals surface area contributed by atoms with Crippen molar-refractivity contribution in [2.24, 2.45) is 0 Å². The maximum Gasteiger partial charge on any atom is 0.159 e. The highest BCUT2D eigenvalue weighted by atomic mass is 35.5. The van der Waals surface area contributed by atoms with Crippen molar-refractivity contribution in [1.82, 2.24) is 25.1 Å². The minimum absolute atomic E-state index is 0.619. The zero-order valence-corrected chi connectivity index (χ0v) is 15.7. The highest BCUT2D eigenvalue weighted by Crippen LogP contribution is 2.36. The molecular formula is C20H19ClN6. The standard InChI is InChI=1S/C20H19ClN6/c1-26-9-13-7-12(26)10-27(13)11-5-6-15-17(8-11)23-20(22-15)19-18-14(21)3-2-4-16(18)24-25-19/h2-6,8,12-13H,7,9-10H2,1H3,(H,22,23)(H,24,25). The van der Waals surface area contributed by atoms with Gasteiger partial charge in [-0.25, -0.2) is 4.98 Å². The van der Waals surface area contributed by atoms with Crippen molar-refractivity contribution >= 4 is 39.2 Å². The van der Waals surface area contributed by atoms with Gasteiger partial charge in [0.05, 0.1) is 21.6 Å². The van der Waals surface area contributed by atoms with Crippen molar-refractivity contribution in [3.63, 3.8) is 0 Å². The van der Waals surface area contributed by atoms with Crippen LogP contribution in [0, 0.1) is 0 Å². The SMILES string of the molecule is CN1CC2CC1CN2c1ccc2nc(-c3n[nH]c4cccc(Cl)c34)[nH]c2c1. The zero-order valence-electron chi connectivity index (χ0n) is 14.9. The zero-order chi connectivity index (χ0) is 18.1. The van der Waals surface area contributed by atoms with Gasteiger partial charge in [-0.05, 0) is 43.8 Å². The Morgan fingerprint density at radius 1 is 1.11 bits per heavy atom. The summed E-state index contributed by atoms with van der Waals surface area (Å²) in [6.07, 6.45) is 1.26. The maximum atomic E-state index is 6.40. The second-order valence-corrected chi connectivity index (χ2v) is 8.06. The number of rotatable bonds is 2. The summed E-state index contributed by atoms with van der Waals surface area (Å²) in [4.78, 5) is 13.2. The third-order valence-electron chi connectivity index (χ3n) is 6.07. The molecule has 2 aliphatic heterocycles. The van der Waals surface area contributed by atoms with E-state index in [0.717, 1.165) is 46.5 Å². The van der Waals surface area contributed by atoms with Crippen LogP contribution in [0.1, 0.15) is 6.42 Å². The Kier molecular flexibility index (Phi) is 3.14. The monoisotopic (exact) mass is 378 g/mol. The van der Waals surface area contributed by atoms with Crippen LogP contribution in [0.15, 0.2) is 36.4 Å². The minimum atomic E-state index is 0.619. The van der Waals surface area contributed by atoms with E-state index in [-0.39, 0.29) is 0 Å². The lowest BCUT2D eigenvalue weighted by Gasteiger charge is -2.33. The summed E-state index contributed by atoms with van der Waals surface area (Å²) in [5.74, 6) is 0.740. The highest BCUT2D eigenvalue weighted by molar-refractivity contribution is 6.36. The molecule has 2 aliphatic rings. The molecule has 0 radical (unpaired) electrons. The fourth-order valence-corrected chi connectivity index (χ4v) is 4.94. The predicted molar refractivity (Wildman–Crippen MR) is 108 cm³/mol. The van der Waals surface area contributed by atoms with Crippen molar-refractivity contribution < 1.29 is 0 Å². The van der Waals surface area contributed by atoms with E-state index in [4.69, 9.17) is 16.6 Å². The molecule has 2 aromatic heterocycles. The number of fused-ring (bicyclic) bond motifs is 4. The summed E-state index contributed by atoms with van der Waals surface area (Å²) in [6, 6.07) is 13.6. The number of anilines is 1. The Balaban J connectivity index is 1.42. The van der Waals surface area contributed by atoms with E-state index in [2.05, 4.69) is 50.2 Å². The average molecular weight is 379 g/mol. The van der Waals surface area contributed by atoms with Gasteiger partial charge in [0, 0.05) is 36.2 Å². The van der Waals surface area contributed by atoms with Crippen molar-refractivity contribution in [3.05, 3.63) is 41.4 Å². The minimum Gasteiger partial charge on any atom is -0.366 e. The fourth-order valence-electron chi connectivity index (χ4n) is 4.67. The Morgan fingerprint density at radius 2 is 2.04 bits per heavy atom. The van der Waals surface area contributed by atoms with Crippen LogP contribution in [0.2, 0.25) is 5.02 Å². The van der Waals surface area contributed by atoms with Gasteiger partial charge in [-0.3, -0.25) is 10.00 Å². The van der Waals surface area contributed by atoms with Gasteiger partial charge in [0.25, 0.3) is 0 Å². The lowest BCUT2D eigenvalue weighted by Crippen LogP contribution is -2.44. The number of aromatic nitrogens is 4. The molecule has 4 aromatic rings. The number of benzene rings is 2. The number of nitrogens with one attached hydrogen (secondary N) is 2. The molecule has 136 valence electrons. The molecule has 0 spiro atoms. The molecule has 2 fully saturated rings. The molecule has 7 heteroatoms. The molecule has 6 nitrogen and oxygen atoms in total. The van der Waals surface area contributed by atoms with Crippen LogP contribution in [0.3, 0.4) is 0 Å². The van der Waals surface area contributed by atoms with Crippen molar-refractivity contribution in [1.29, 1.82) is 0 Å². The normalized spacial score (nSPS) is 22.5. The molecule has 2 aromatic carbocycles. The molecule has 2 unspecified atom stereocenters. The number of hydrogen-bond acceptors (Lipinski definition) is 4. The van der Waals surface area contributed by atoms with Crippen LogP contribution in [-0.4, -0.2) is 57.3 Å². The third-order valence-corrected chi connectivity index (χ3v) is 6.39. The van der Waals surface area contributed by atoms with E-state index in [1.165, 1.54) is 12.1 Å². The summed E-state index contributed by atoms with van der Waals surface area (Å²) in [5.41, 5.74) is 4.91. The van der Waals surface area contributed by atoms with E-state index < -0.39 is 0 Å². The topological polar surface area (TPSA) is 63.8 Å². The number of nitrogens with zero attached hydrogens (tertiary/aromatic N) is 4. The molecule has 27 heavy (non-hydrogen) atoms. The molecule has 0 aliphatic carbocycles. The highest BCUT2D eigenvalue weighted by Gasteiger charge is 2.41. The first-order chi connectivity index (χ1) is 13.2. The van der Waals surface area contributed by atoms with Crippen LogP contribution in [0.25, 0.3) is 33.5 Å². The largest absolute Gasteiger partial charge is 0.366 e. The quantitative estimate of drug-likeness (QED) is 0.559. The number of piperazine rings is 1. The number of imidazole rings is 1. The van der Waals surface area contributed by atoms with Crippen LogP contribution >= 0.6 is 11.6 Å². The second kappa shape index (κ2) is 5.47. The lowest BCUT2D eigenvalue weighted by atomic mass is 10.2. The molecule has 2 bridgehead atoms. The van der Waals surface area contributed by atoms with Crippen LogP contribution < -0.4 is 4.90 Å². The first kappa shape index (κ1) is 15.5. The number of halogens is 1. The lowest BCUT2D eigenvalue weighted by molar-refractivity contribution is 0.292. The first-order valence-corrected chi connectivity index (χ1v) is 9.65. The van der Waals surface area contributed by atoms with Crippen molar-refractivity contribution in [2.75, 3.05) is 25.0 Å². The number of aromatic amines is 2. The van der Waals surface area contributed by atoms with Crippen LogP contribution in [-0.2, 0) is 0 Å². The van der Waals surface area contributed by atoms with Crippen molar-refractivity contribution in [3.8, 4) is 11.5 Å². The molecular weight excluding hydrogens is 360 g/mol. The number of likely N-dealkylation sites (tertiary alicyclic amines) is 1. The molecule has 2 N–H and O–H groups in total. The summed E-state index contributed by atoms with van der Waals surface area (Å²) in [5, 5.41) is 9.06. The van der Waals surface area contributed by atoms with Gasteiger partial charge in [-0.1, -0.05) is 17.7 Å². The summed E-state index contributed by atoms with van der Waals surface area (Å²) < 4.78 is 0. The Morgan fingerprint density at radius 3 is 2.85 bits per heavy atom. The summed E-state index contributed by atoms with van der Waals surface area (Å²) >= 11 is 6.40. The van der Waals surface area contributed by atoms with Crippen molar-refractivity contribution in [2.45, 2.75) is 18.5 Å². The Labute approximate surface area is 161 Å². The smallest absolute Gasteiger partial charge is 0.159 e. The number of hydrogen-bond donors (Lipinski definition) is 2. The van der Waals surface area contributed by atoms with Gasteiger partial charge in [0.1, 0.15) is 5.69 Å². The number of likely N-dealkylation sites (N-methyl/N-ethyl adjacent to an activating group) is 1. The molecule has 2 atom stereocenters. The van der Waals surface area contributed by atoms with Gasteiger partial charge >= 0.3 is 0 Å². The molecule has 6 rings (SSSR count). The fraction of sp³-hybridized carbons (Fsp3) is 0.300. The van der Waals surface area contributed by atoms with E-state index in [1.54, 1.807) is 0 Å². The Bertz CT molecular complexity index is 1180. The third kappa shape index (κ3) is 2.23. The molecule has 4 heterocycles. The second-order valence-electron chi connectivity index (χ2n) is 7.66. The molecule has 2 saturated heterocycles. The van der Waals surface area contributed by atoms with E-state index in [0.29, 0.717) is 17.1 Å². The predicted octanol–water partition coefficient (Wildman–Crippen LogP) is 3.65. The van der Waals surface area contributed by atoms with Gasteiger partial charge in [-0.2, -0.15) is 5.10 Å². The van der Waals surface area contributed by atoms with Gasteiger partial charge in [0.15, 0.2) is 5.82 Å². The maximum absolute atomic E-state index is 6.40. The first-order valence-electron chi connectivity index (χ1n) is 9.27. The van der Waals surface area contributed by atoms with E-state index >= 15 is 0 Å². The van der Waals surface area contributed by atoms with Gasteiger partial charge in [-0.15, -0.1) is 0 Å². The summed E-state index contributed by atoms with van der Waals surface area (Å²) in [7, 11) is 2.23. The van der Waals surface area contributed by atoms with E-state index in [9.17, 15) is 0 Å². The average Bonchev–Trinajstić information content (AvgIpc) is 3.42. The molecule has 0 amide bonds. The number of H-pyrrole nitrogens is 2. The van der Waals surface area contributed by atoms with Crippen LogP contribution in [0.4, 0.5) is 5.69 Å².